The number of rotatable bonds is 3. The molecule has 1 aromatic heterocycles. The molecule has 0 amide bonds. The van der Waals surface area contributed by atoms with Crippen molar-refractivity contribution in [1.29, 1.82) is 0 Å². The van der Waals surface area contributed by atoms with Gasteiger partial charge in [0.2, 0.25) is 0 Å². The Bertz CT molecular complexity index is 564. The van der Waals surface area contributed by atoms with Crippen LogP contribution in [0.3, 0.4) is 0 Å². The molecular weight excluding hydrogens is 274 g/mol. The van der Waals surface area contributed by atoms with Crippen molar-refractivity contribution in [2.45, 2.75) is 25.5 Å². The Morgan fingerprint density at radius 3 is 2.75 bits per heavy atom. The van der Waals surface area contributed by atoms with E-state index >= 15 is 0 Å². The third kappa shape index (κ3) is 3.23. The molecule has 1 saturated heterocycles. The molecule has 0 radical (unpaired) electrons. The van der Waals surface area contributed by atoms with Crippen LogP contribution in [0.15, 0.2) is 40.8 Å². The molecule has 1 N–H and O–H groups in total. The van der Waals surface area contributed by atoms with Crippen molar-refractivity contribution in [3.05, 3.63) is 47.2 Å². The molecule has 1 atom stereocenters. The predicted octanol–water partition coefficient (Wildman–Crippen LogP) is 3.56. The van der Waals surface area contributed by atoms with Crippen LogP contribution < -0.4 is 0 Å². The quantitative estimate of drug-likeness (QED) is 0.939. The zero-order valence-corrected chi connectivity index (χ0v) is 12.0. The summed E-state index contributed by atoms with van der Waals surface area (Å²) in [5, 5.41) is 10.4. The number of aliphatic hydroxyl groups excluding tert-OH is 1. The first-order chi connectivity index (χ1) is 9.70. The summed E-state index contributed by atoms with van der Waals surface area (Å²) >= 11 is 5.89. The van der Waals surface area contributed by atoms with Crippen LogP contribution in [0.5, 0.6) is 0 Å². The second kappa shape index (κ2) is 6.00. The molecule has 0 unspecified atom stereocenters. The van der Waals surface area contributed by atoms with Crippen LogP contribution >= 0.6 is 11.6 Å². The fourth-order valence-electron chi connectivity index (χ4n) is 2.63. The van der Waals surface area contributed by atoms with Crippen LogP contribution in [0.1, 0.15) is 18.6 Å². The molecule has 0 bridgehead atoms. The number of piperidine rings is 1. The minimum atomic E-state index is -0.200. The molecule has 0 saturated carbocycles. The third-order valence-electron chi connectivity index (χ3n) is 3.65. The van der Waals surface area contributed by atoms with Gasteiger partial charge in [-0.2, -0.15) is 0 Å². The minimum Gasteiger partial charge on any atom is -0.460 e. The number of nitrogens with zero attached hydrogens (tertiary/aromatic N) is 1. The summed E-state index contributed by atoms with van der Waals surface area (Å²) in [6, 6.07) is 11.6. The Morgan fingerprint density at radius 1 is 1.20 bits per heavy atom. The van der Waals surface area contributed by atoms with Crippen LogP contribution in [0.4, 0.5) is 0 Å². The molecule has 2 heterocycles. The molecule has 106 valence electrons. The topological polar surface area (TPSA) is 36.6 Å². The van der Waals surface area contributed by atoms with Gasteiger partial charge in [-0.1, -0.05) is 11.6 Å². The summed E-state index contributed by atoms with van der Waals surface area (Å²) in [4.78, 5) is 2.23. The van der Waals surface area contributed by atoms with Gasteiger partial charge in [0.1, 0.15) is 11.5 Å². The number of hydrogen-bond donors (Lipinski definition) is 1. The molecule has 1 aliphatic heterocycles. The summed E-state index contributed by atoms with van der Waals surface area (Å²) in [7, 11) is 0. The monoisotopic (exact) mass is 291 g/mol. The fourth-order valence-corrected chi connectivity index (χ4v) is 2.75. The highest BCUT2D eigenvalue weighted by Gasteiger charge is 2.18. The Hall–Kier alpha value is -1.29. The summed E-state index contributed by atoms with van der Waals surface area (Å²) in [5.41, 5.74) is 1.03. The normalized spacial score (nSPS) is 20.2. The number of furan rings is 1. The number of halogens is 1. The zero-order chi connectivity index (χ0) is 13.9. The molecule has 2 aromatic rings. The van der Waals surface area contributed by atoms with E-state index in [0.717, 1.165) is 54.6 Å². The molecule has 0 aliphatic carbocycles. The largest absolute Gasteiger partial charge is 0.460 e. The van der Waals surface area contributed by atoms with E-state index in [2.05, 4.69) is 4.90 Å². The van der Waals surface area contributed by atoms with E-state index < -0.39 is 0 Å². The van der Waals surface area contributed by atoms with Crippen LogP contribution in [0.25, 0.3) is 11.3 Å². The van der Waals surface area contributed by atoms with E-state index in [4.69, 9.17) is 16.0 Å². The summed E-state index contributed by atoms with van der Waals surface area (Å²) in [6.45, 7) is 2.51. The van der Waals surface area contributed by atoms with Crippen molar-refractivity contribution in [2.24, 2.45) is 0 Å². The van der Waals surface area contributed by atoms with Crippen molar-refractivity contribution in [1.82, 2.24) is 4.90 Å². The first kappa shape index (κ1) is 13.7. The molecule has 1 aromatic carbocycles. The molecule has 1 fully saturated rings. The summed E-state index contributed by atoms with van der Waals surface area (Å²) < 4.78 is 5.88. The van der Waals surface area contributed by atoms with E-state index in [9.17, 15) is 5.11 Å². The number of hydrogen-bond acceptors (Lipinski definition) is 3. The highest BCUT2D eigenvalue weighted by Crippen LogP contribution is 2.25. The van der Waals surface area contributed by atoms with Crippen molar-refractivity contribution in [3.63, 3.8) is 0 Å². The van der Waals surface area contributed by atoms with Gasteiger partial charge in [0.05, 0.1) is 12.6 Å². The van der Waals surface area contributed by atoms with Crippen LogP contribution in [-0.4, -0.2) is 29.2 Å². The first-order valence-electron chi connectivity index (χ1n) is 6.96. The van der Waals surface area contributed by atoms with Crippen LogP contribution in [-0.2, 0) is 6.54 Å². The van der Waals surface area contributed by atoms with Crippen molar-refractivity contribution in [2.75, 3.05) is 13.1 Å². The van der Waals surface area contributed by atoms with Crippen molar-refractivity contribution >= 4 is 11.6 Å². The van der Waals surface area contributed by atoms with Gasteiger partial charge >= 0.3 is 0 Å². The van der Waals surface area contributed by atoms with Gasteiger partial charge < -0.3 is 9.52 Å². The van der Waals surface area contributed by atoms with Gasteiger partial charge in [0, 0.05) is 17.1 Å². The predicted molar refractivity (Wildman–Crippen MR) is 79.7 cm³/mol. The van der Waals surface area contributed by atoms with E-state index in [1.807, 2.05) is 36.4 Å². The van der Waals surface area contributed by atoms with Gasteiger partial charge in [0.25, 0.3) is 0 Å². The molecule has 3 nitrogen and oxygen atoms in total. The smallest absolute Gasteiger partial charge is 0.134 e. The van der Waals surface area contributed by atoms with Crippen molar-refractivity contribution < 1.29 is 9.52 Å². The maximum absolute atomic E-state index is 9.68. The first-order valence-corrected chi connectivity index (χ1v) is 7.33. The molecule has 20 heavy (non-hydrogen) atoms. The molecule has 0 spiro atoms. The number of likely N-dealkylation sites (tertiary alicyclic amines) is 1. The Kier molecular flexibility index (Phi) is 4.10. The molecular formula is C16H18ClNO2. The van der Waals surface area contributed by atoms with Crippen LogP contribution in [0, 0.1) is 0 Å². The number of aliphatic hydroxyl groups is 1. The van der Waals surface area contributed by atoms with Gasteiger partial charge in [-0.05, 0) is 55.8 Å². The van der Waals surface area contributed by atoms with Crippen LogP contribution in [0.2, 0.25) is 5.02 Å². The summed E-state index contributed by atoms with van der Waals surface area (Å²) in [5.74, 6) is 1.79. The number of β-amino-alcohol motifs (C(OH)–C–C–N with tert-alkyl or cyclic N) is 1. The Morgan fingerprint density at radius 2 is 2.00 bits per heavy atom. The van der Waals surface area contributed by atoms with Gasteiger partial charge in [0.15, 0.2) is 0 Å². The highest BCUT2D eigenvalue weighted by molar-refractivity contribution is 6.30. The van der Waals surface area contributed by atoms with Crippen molar-refractivity contribution in [3.8, 4) is 11.3 Å². The molecule has 1 aliphatic rings. The Balaban J connectivity index is 1.69. The van der Waals surface area contributed by atoms with Gasteiger partial charge in [-0.3, -0.25) is 4.90 Å². The minimum absolute atomic E-state index is 0.200. The van der Waals surface area contributed by atoms with Gasteiger partial charge in [-0.25, -0.2) is 0 Å². The summed E-state index contributed by atoms with van der Waals surface area (Å²) in [6.07, 6.45) is 1.76. The van der Waals surface area contributed by atoms with E-state index in [0.29, 0.717) is 0 Å². The third-order valence-corrected chi connectivity index (χ3v) is 3.90. The van der Waals surface area contributed by atoms with E-state index in [1.54, 1.807) is 0 Å². The lowest BCUT2D eigenvalue weighted by molar-refractivity contribution is 0.0635. The second-order valence-electron chi connectivity index (χ2n) is 5.30. The molecule has 4 heteroatoms. The lowest BCUT2D eigenvalue weighted by atomic mass is 10.1. The zero-order valence-electron chi connectivity index (χ0n) is 11.3. The van der Waals surface area contributed by atoms with E-state index in [1.165, 1.54) is 0 Å². The average molecular weight is 292 g/mol. The maximum atomic E-state index is 9.68. The number of benzene rings is 1. The fraction of sp³-hybridized carbons (Fsp3) is 0.375. The van der Waals surface area contributed by atoms with E-state index in [-0.39, 0.29) is 6.10 Å². The standard InChI is InChI=1S/C16H18ClNO2/c17-13-5-3-12(4-6-13)16-8-7-15(20-16)11-18-9-1-2-14(19)10-18/h3-8,14,19H,1-2,9-11H2/t14-/m1/s1. The second-order valence-corrected chi connectivity index (χ2v) is 5.74. The van der Waals surface area contributed by atoms with Gasteiger partial charge in [-0.15, -0.1) is 0 Å². The SMILES string of the molecule is O[C@@H]1CCCN(Cc2ccc(-c3ccc(Cl)cc3)o2)C1. The lowest BCUT2D eigenvalue weighted by Crippen LogP contribution is -2.37. The average Bonchev–Trinajstić information content (AvgIpc) is 2.88. The molecule has 3 rings (SSSR count). The Labute approximate surface area is 123 Å². The highest BCUT2D eigenvalue weighted by atomic mass is 35.5. The lowest BCUT2D eigenvalue weighted by Gasteiger charge is -2.29. The maximum Gasteiger partial charge on any atom is 0.134 e.